The Morgan fingerprint density at radius 3 is 2.67 bits per heavy atom. The Morgan fingerprint density at radius 1 is 1.15 bits per heavy atom. The van der Waals surface area contributed by atoms with Crippen molar-refractivity contribution in [2.75, 3.05) is 11.9 Å². The number of benzene rings is 2. The van der Waals surface area contributed by atoms with Crippen molar-refractivity contribution in [1.29, 1.82) is 0 Å². The lowest BCUT2D eigenvalue weighted by atomic mass is 9.76. The number of anilines is 1. The van der Waals surface area contributed by atoms with Crippen LogP contribution < -0.4 is 10.1 Å². The van der Waals surface area contributed by atoms with E-state index < -0.39 is 12.6 Å². The van der Waals surface area contributed by atoms with Gasteiger partial charge in [-0.3, -0.25) is 4.79 Å². The summed E-state index contributed by atoms with van der Waals surface area (Å²) >= 11 is 0. The van der Waals surface area contributed by atoms with Gasteiger partial charge < -0.3 is 15.2 Å². The van der Waals surface area contributed by atoms with Crippen LogP contribution in [0, 0.1) is 13.8 Å². The molecule has 0 spiro atoms. The molecular formula is C26H25N3O4. The van der Waals surface area contributed by atoms with Gasteiger partial charge in [0.2, 0.25) is 0 Å². The van der Waals surface area contributed by atoms with E-state index in [4.69, 9.17) is 14.9 Å². The Hall–Kier alpha value is -3.87. The van der Waals surface area contributed by atoms with Gasteiger partial charge in [0, 0.05) is 34.7 Å². The Morgan fingerprint density at radius 2 is 1.91 bits per heavy atom. The number of aryl methyl sites for hydroxylation is 2. The summed E-state index contributed by atoms with van der Waals surface area (Å²) in [6, 6.07) is 15.5. The van der Waals surface area contributed by atoms with Gasteiger partial charge in [0.25, 0.3) is 0 Å². The molecule has 0 saturated heterocycles. The van der Waals surface area contributed by atoms with Crippen molar-refractivity contribution >= 4 is 17.6 Å². The number of aliphatic carboxylic acids is 1. The van der Waals surface area contributed by atoms with Gasteiger partial charge in [-0.2, -0.15) is 5.10 Å². The van der Waals surface area contributed by atoms with Crippen molar-refractivity contribution in [1.82, 2.24) is 9.78 Å². The minimum Gasteiger partial charge on any atom is -0.482 e. The number of aromatic nitrogens is 2. The Labute approximate surface area is 191 Å². The molecule has 2 N–H and O–H groups in total. The standard InChI is InChI=1S/C26H25N3O4/c1-15-10-12-17(13-11-15)29-26-23(16(2)28-29)24(25-19(27-26)7-5-8-20(25)30)18-6-3-4-9-21(18)33-14-22(31)32/h3-4,6,9-13,24,27H,5,7-8,14H2,1-2H3,(H,31,32). The number of fused-ring (bicyclic) bond motifs is 1. The third-order valence-electron chi connectivity index (χ3n) is 6.27. The van der Waals surface area contributed by atoms with E-state index in [9.17, 15) is 9.59 Å². The maximum absolute atomic E-state index is 13.2. The summed E-state index contributed by atoms with van der Waals surface area (Å²) in [5.41, 5.74) is 6.22. The van der Waals surface area contributed by atoms with Gasteiger partial charge in [-0.05, 0) is 44.9 Å². The first-order chi connectivity index (χ1) is 15.9. The summed E-state index contributed by atoms with van der Waals surface area (Å²) in [7, 11) is 0. The van der Waals surface area contributed by atoms with Crippen LogP contribution in [0.4, 0.5) is 5.82 Å². The number of nitrogens with zero attached hydrogens (tertiary/aromatic N) is 2. The van der Waals surface area contributed by atoms with Gasteiger partial charge in [-0.15, -0.1) is 0 Å². The van der Waals surface area contributed by atoms with Crippen molar-refractivity contribution in [3.63, 3.8) is 0 Å². The molecule has 1 unspecified atom stereocenters. The van der Waals surface area contributed by atoms with E-state index in [0.29, 0.717) is 12.2 Å². The van der Waals surface area contributed by atoms with E-state index >= 15 is 0 Å². The molecule has 0 saturated carbocycles. The average molecular weight is 444 g/mol. The second-order valence-electron chi connectivity index (χ2n) is 8.54. The molecular weight excluding hydrogens is 418 g/mol. The van der Waals surface area contributed by atoms with Gasteiger partial charge in [0.05, 0.1) is 11.4 Å². The van der Waals surface area contributed by atoms with Crippen molar-refractivity contribution in [3.8, 4) is 11.4 Å². The van der Waals surface area contributed by atoms with E-state index in [0.717, 1.165) is 58.0 Å². The van der Waals surface area contributed by atoms with E-state index in [-0.39, 0.29) is 11.7 Å². The number of carboxylic acids is 1. The smallest absolute Gasteiger partial charge is 0.341 e. The van der Waals surface area contributed by atoms with Gasteiger partial charge in [-0.25, -0.2) is 9.48 Å². The quantitative estimate of drug-likeness (QED) is 0.602. The molecule has 0 radical (unpaired) electrons. The van der Waals surface area contributed by atoms with E-state index in [1.54, 1.807) is 6.07 Å². The van der Waals surface area contributed by atoms with Crippen LogP contribution in [0.2, 0.25) is 0 Å². The number of carboxylic acid groups (broad SMARTS) is 1. The molecule has 1 aromatic heterocycles. The Balaban J connectivity index is 1.71. The molecule has 7 heteroatoms. The fraction of sp³-hybridized carbons (Fsp3) is 0.269. The molecule has 1 atom stereocenters. The van der Waals surface area contributed by atoms with Gasteiger partial charge in [0.15, 0.2) is 12.4 Å². The fourth-order valence-corrected chi connectivity index (χ4v) is 4.79. The minimum absolute atomic E-state index is 0.106. The van der Waals surface area contributed by atoms with Crippen LogP contribution in [-0.2, 0) is 9.59 Å². The molecule has 1 aliphatic heterocycles. The van der Waals surface area contributed by atoms with Gasteiger partial charge >= 0.3 is 5.97 Å². The Bertz CT molecular complexity index is 1290. The highest BCUT2D eigenvalue weighted by atomic mass is 16.5. The third-order valence-corrected chi connectivity index (χ3v) is 6.27. The molecule has 1 aliphatic carbocycles. The molecule has 2 aliphatic rings. The van der Waals surface area contributed by atoms with Crippen molar-refractivity contribution in [2.45, 2.75) is 39.0 Å². The average Bonchev–Trinajstić information content (AvgIpc) is 3.13. The van der Waals surface area contributed by atoms with E-state index in [1.165, 1.54) is 0 Å². The second-order valence-corrected chi connectivity index (χ2v) is 8.54. The summed E-state index contributed by atoms with van der Waals surface area (Å²) in [6.45, 7) is 3.54. The number of carbonyl (C=O) groups is 2. The van der Waals surface area contributed by atoms with Crippen molar-refractivity contribution < 1.29 is 19.4 Å². The zero-order chi connectivity index (χ0) is 23.1. The fourth-order valence-electron chi connectivity index (χ4n) is 4.79. The summed E-state index contributed by atoms with van der Waals surface area (Å²) in [5, 5.41) is 17.5. The molecule has 5 rings (SSSR count). The molecule has 7 nitrogen and oxygen atoms in total. The third kappa shape index (κ3) is 3.69. The van der Waals surface area contributed by atoms with Crippen LogP contribution >= 0.6 is 0 Å². The van der Waals surface area contributed by atoms with Crippen LogP contribution in [0.5, 0.6) is 5.75 Å². The highest BCUT2D eigenvalue weighted by Crippen LogP contribution is 2.49. The summed E-state index contributed by atoms with van der Waals surface area (Å²) < 4.78 is 7.53. The summed E-state index contributed by atoms with van der Waals surface area (Å²) in [4.78, 5) is 24.3. The SMILES string of the molecule is Cc1ccc(-n2nc(C)c3c2NC2=C(C(=O)CCC2)C3c2ccccc2OCC(=O)O)cc1. The van der Waals surface area contributed by atoms with Crippen molar-refractivity contribution in [3.05, 3.63) is 82.2 Å². The lowest BCUT2D eigenvalue weighted by Gasteiger charge is -2.33. The minimum atomic E-state index is -1.05. The van der Waals surface area contributed by atoms with Crippen molar-refractivity contribution in [2.24, 2.45) is 0 Å². The number of allylic oxidation sites excluding steroid dienone is 2. The van der Waals surface area contributed by atoms with Gasteiger partial charge in [-0.1, -0.05) is 35.9 Å². The van der Waals surface area contributed by atoms with Gasteiger partial charge in [0.1, 0.15) is 11.6 Å². The number of Topliss-reactive ketones (excluding diaryl/α,β-unsaturated/α-hetero) is 1. The molecule has 0 fully saturated rings. The molecule has 2 heterocycles. The Kier molecular flexibility index (Phi) is 5.24. The lowest BCUT2D eigenvalue weighted by molar-refractivity contribution is -0.139. The number of rotatable bonds is 5. The number of hydrogen-bond donors (Lipinski definition) is 2. The van der Waals surface area contributed by atoms with Crippen LogP contribution in [0.1, 0.15) is 47.6 Å². The first-order valence-electron chi connectivity index (χ1n) is 11.1. The highest BCUT2D eigenvalue weighted by Gasteiger charge is 2.39. The first kappa shape index (κ1) is 21.0. The van der Waals surface area contributed by atoms with E-state index in [2.05, 4.69) is 5.32 Å². The van der Waals surface area contributed by atoms with Crippen LogP contribution in [0.15, 0.2) is 59.8 Å². The predicted molar refractivity (Wildman–Crippen MR) is 124 cm³/mol. The maximum Gasteiger partial charge on any atom is 0.341 e. The van der Waals surface area contributed by atoms with Crippen LogP contribution in [-0.4, -0.2) is 33.2 Å². The summed E-state index contributed by atoms with van der Waals surface area (Å²) in [5.74, 6) is -0.0238. The summed E-state index contributed by atoms with van der Waals surface area (Å²) in [6.07, 6.45) is 2.06. The molecule has 0 bridgehead atoms. The number of carbonyl (C=O) groups excluding carboxylic acids is 1. The monoisotopic (exact) mass is 443 g/mol. The number of ether oxygens (including phenoxy) is 1. The molecule has 33 heavy (non-hydrogen) atoms. The molecule has 3 aromatic rings. The molecule has 168 valence electrons. The normalized spacial score (nSPS) is 17.3. The second kappa shape index (κ2) is 8.24. The first-order valence-corrected chi connectivity index (χ1v) is 11.1. The van der Waals surface area contributed by atoms with E-state index in [1.807, 2.05) is 61.0 Å². The molecule has 0 amide bonds. The topological polar surface area (TPSA) is 93.5 Å². The maximum atomic E-state index is 13.2. The van der Waals surface area contributed by atoms with Crippen LogP contribution in [0.25, 0.3) is 5.69 Å². The zero-order valence-electron chi connectivity index (χ0n) is 18.6. The number of para-hydroxylation sites is 1. The zero-order valence-corrected chi connectivity index (χ0v) is 18.6. The lowest BCUT2D eigenvalue weighted by Crippen LogP contribution is -2.28. The number of nitrogens with one attached hydrogen (secondary N) is 1. The largest absolute Gasteiger partial charge is 0.482 e. The molecule has 2 aromatic carbocycles. The number of ketones is 1. The van der Waals surface area contributed by atoms with Crippen LogP contribution in [0.3, 0.4) is 0 Å². The number of hydrogen-bond acceptors (Lipinski definition) is 5. The highest BCUT2D eigenvalue weighted by molar-refractivity contribution is 6.01. The predicted octanol–water partition coefficient (Wildman–Crippen LogP) is 4.52.